The second-order valence-corrected chi connectivity index (χ2v) is 3.70. The number of aliphatic hydroxyl groups is 1. The maximum absolute atomic E-state index is 12.0. The van der Waals surface area contributed by atoms with E-state index in [1.54, 1.807) is 16.9 Å². The predicted octanol–water partition coefficient (Wildman–Crippen LogP) is 0.436. The molecular weight excluding hydrogens is 213 g/mol. The Balaban J connectivity index is 2.15. The summed E-state index contributed by atoms with van der Waals surface area (Å²) in [5.41, 5.74) is 4.37. The minimum Gasteiger partial charge on any atom is -0.392 e. The molecule has 1 aromatic heterocycles. The zero-order chi connectivity index (χ0) is 11.6. The Hall–Kier alpha value is -1.58. The molecule has 2 atom stereocenters. The summed E-state index contributed by atoms with van der Waals surface area (Å²) in [5.74, 6) is 2.64. The molecule has 0 amide bonds. The molecule has 6 heteroatoms. The van der Waals surface area contributed by atoms with Crippen LogP contribution in [-0.2, 0) is 4.74 Å². The topological polar surface area (TPSA) is 73.3 Å². The van der Waals surface area contributed by atoms with Gasteiger partial charge in [-0.2, -0.15) is 5.10 Å². The number of halogens is 1. The van der Waals surface area contributed by atoms with Gasteiger partial charge in [0, 0.05) is 12.3 Å². The van der Waals surface area contributed by atoms with Crippen molar-refractivity contribution in [2.24, 2.45) is 0 Å². The molecule has 0 aromatic carbocycles. The van der Waals surface area contributed by atoms with Gasteiger partial charge in [-0.1, -0.05) is 0 Å². The van der Waals surface area contributed by atoms with Crippen molar-refractivity contribution >= 4 is 5.82 Å². The van der Waals surface area contributed by atoms with E-state index >= 15 is 0 Å². The molecule has 1 fully saturated rings. The van der Waals surface area contributed by atoms with Gasteiger partial charge in [0.2, 0.25) is 0 Å². The van der Waals surface area contributed by atoms with Gasteiger partial charge in [0.1, 0.15) is 12.0 Å². The molecule has 0 spiro atoms. The standard InChI is InChI=1S/C10H12FN3O2/c11-5-4-10(7-15)3-1-9(16-10)14-6-2-8(12)13-14/h2,6,9,15H,1,3,7H2,(H2,12,13). The van der Waals surface area contributed by atoms with Crippen LogP contribution in [0.1, 0.15) is 19.1 Å². The van der Waals surface area contributed by atoms with E-state index < -0.39 is 5.60 Å². The highest BCUT2D eigenvalue weighted by Crippen LogP contribution is 2.35. The van der Waals surface area contributed by atoms with E-state index in [1.807, 2.05) is 0 Å². The molecule has 1 aliphatic rings. The highest BCUT2D eigenvalue weighted by molar-refractivity contribution is 5.24. The number of nitrogen functional groups attached to an aromatic ring is 1. The third-order valence-electron chi connectivity index (χ3n) is 2.61. The minimum absolute atomic E-state index is 0.336. The number of rotatable bonds is 2. The van der Waals surface area contributed by atoms with Crippen molar-refractivity contribution in [2.75, 3.05) is 12.3 Å². The van der Waals surface area contributed by atoms with Crippen LogP contribution in [0.2, 0.25) is 0 Å². The third kappa shape index (κ3) is 1.87. The van der Waals surface area contributed by atoms with Crippen molar-refractivity contribution in [3.63, 3.8) is 0 Å². The first-order valence-electron chi connectivity index (χ1n) is 4.91. The first-order chi connectivity index (χ1) is 7.69. The van der Waals surface area contributed by atoms with E-state index in [1.165, 1.54) is 6.17 Å². The molecule has 86 valence electrons. The summed E-state index contributed by atoms with van der Waals surface area (Å²) >= 11 is 0. The van der Waals surface area contributed by atoms with Crippen LogP contribution in [0.5, 0.6) is 0 Å². The van der Waals surface area contributed by atoms with E-state index in [9.17, 15) is 4.39 Å². The molecule has 1 saturated heterocycles. The molecule has 0 radical (unpaired) electrons. The van der Waals surface area contributed by atoms with Crippen LogP contribution in [0, 0.1) is 12.1 Å². The molecular formula is C10H12FN3O2. The zero-order valence-corrected chi connectivity index (χ0v) is 8.56. The lowest BCUT2D eigenvalue weighted by Gasteiger charge is -2.20. The van der Waals surface area contributed by atoms with Gasteiger partial charge in [0.05, 0.1) is 6.61 Å². The average molecular weight is 225 g/mol. The summed E-state index contributed by atoms with van der Waals surface area (Å²) in [6.45, 7) is -0.336. The maximum atomic E-state index is 12.0. The number of hydrogen-bond donors (Lipinski definition) is 2. The normalized spacial score (nSPS) is 28.8. The number of ether oxygens (including phenoxy) is 1. The molecule has 2 heterocycles. The lowest BCUT2D eigenvalue weighted by Crippen LogP contribution is -2.31. The summed E-state index contributed by atoms with van der Waals surface area (Å²) in [7, 11) is 0. The molecule has 2 unspecified atom stereocenters. The van der Waals surface area contributed by atoms with Crippen molar-refractivity contribution in [1.82, 2.24) is 9.78 Å². The Morgan fingerprint density at radius 1 is 1.81 bits per heavy atom. The first kappa shape index (κ1) is 10.9. The lowest BCUT2D eigenvalue weighted by atomic mass is 10.0. The van der Waals surface area contributed by atoms with Gasteiger partial charge >= 0.3 is 0 Å². The second kappa shape index (κ2) is 4.12. The number of anilines is 1. The molecule has 1 aromatic rings. The van der Waals surface area contributed by atoms with E-state index in [4.69, 9.17) is 15.6 Å². The van der Waals surface area contributed by atoms with Gasteiger partial charge in [-0.15, -0.1) is 4.39 Å². The summed E-state index contributed by atoms with van der Waals surface area (Å²) in [6.07, 6.45) is 3.68. The van der Waals surface area contributed by atoms with E-state index in [-0.39, 0.29) is 12.8 Å². The van der Waals surface area contributed by atoms with E-state index in [0.29, 0.717) is 18.7 Å². The van der Waals surface area contributed by atoms with Crippen molar-refractivity contribution in [2.45, 2.75) is 24.7 Å². The monoisotopic (exact) mass is 225 g/mol. The van der Waals surface area contributed by atoms with Crippen molar-refractivity contribution < 1.29 is 14.2 Å². The SMILES string of the molecule is Nc1ccn(C2CCC(C#CF)(CO)O2)n1. The van der Waals surface area contributed by atoms with Gasteiger partial charge in [-0.05, 0) is 18.8 Å². The molecule has 0 bridgehead atoms. The first-order valence-corrected chi connectivity index (χ1v) is 4.91. The van der Waals surface area contributed by atoms with Crippen molar-refractivity contribution in [3.05, 3.63) is 12.3 Å². The summed E-state index contributed by atoms with van der Waals surface area (Å²) in [6, 6.07) is 1.64. The Bertz CT molecular complexity index is 437. The van der Waals surface area contributed by atoms with Crippen LogP contribution in [0.25, 0.3) is 0 Å². The van der Waals surface area contributed by atoms with Crippen LogP contribution in [0.3, 0.4) is 0 Å². The minimum atomic E-state index is -1.11. The fourth-order valence-electron chi connectivity index (χ4n) is 1.77. The molecule has 16 heavy (non-hydrogen) atoms. The summed E-state index contributed by atoms with van der Waals surface area (Å²) in [4.78, 5) is 0. The van der Waals surface area contributed by atoms with E-state index in [0.717, 1.165) is 0 Å². The fraction of sp³-hybridized carbons (Fsp3) is 0.500. The van der Waals surface area contributed by atoms with Gasteiger partial charge in [0.15, 0.2) is 11.8 Å². The van der Waals surface area contributed by atoms with Crippen LogP contribution >= 0.6 is 0 Å². The highest BCUT2D eigenvalue weighted by Gasteiger charge is 2.39. The molecule has 2 rings (SSSR count). The number of aliphatic hydroxyl groups excluding tert-OH is 1. The zero-order valence-electron chi connectivity index (χ0n) is 8.56. The Kier molecular flexibility index (Phi) is 2.81. The predicted molar refractivity (Wildman–Crippen MR) is 54.7 cm³/mol. The van der Waals surface area contributed by atoms with Gasteiger partial charge in [-0.3, -0.25) is 0 Å². The maximum Gasteiger partial charge on any atom is 0.156 e. The summed E-state index contributed by atoms with van der Waals surface area (Å²) in [5, 5.41) is 13.2. The van der Waals surface area contributed by atoms with Crippen LogP contribution in [0.4, 0.5) is 10.2 Å². The third-order valence-corrected chi connectivity index (χ3v) is 2.61. The molecule has 5 nitrogen and oxygen atoms in total. The highest BCUT2D eigenvalue weighted by atomic mass is 19.1. The molecule has 3 N–H and O–H groups in total. The lowest BCUT2D eigenvalue weighted by molar-refractivity contribution is -0.0679. The second-order valence-electron chi connectivity index (χ2n) is 3.70. The van der Waals surface area contributed by atoms with E-state index in [2.05, 4.69) is 11.0 Å². The quantitative estimate of drug-likeness (QED) is 0.716. The smallest absolute Gasteiger partial charge is 0.156 e. The van der Waals surface area contributed by atoms with Crippen LogP contribution in [-0.4, -0.2) is 27.1 Å². The number of nitrogens with zero attached hydrogens (tertiary/aromatic N) is 2. The summed E-state index contributed by atoms with van der Waals surface area (Å²) < 4.78 is 19.1. The van der Waals surface area contributed by atoms with Gasteiger partial charge < -0.3 is 15.6 Å². The number of nitrogens with two attached hydrogens (primary N) is 1. The van der Waals surface area contributed by atoms with Crippen molar-refractivity contribution in [3.8, 4) is 12.1 Å². The molecule has 0 saturated carbocycles. The Labute approximate surface area is 92.0 Å². The van der Waals surface area contributed by atoms with Gasteiger partial charge in [0.25, 0.3) is 0 Å². The van der Waals surface area contributed by atoms with Crippen LogP contribution in [0.15, 0.2) is 12.3 Å². The number of hydrogen-bond acceptors (Lipinski definition) is 4. The average Bonchev–Trinajstić information content (AvgIpc) is 2.86. The largest absolute Gasteiger partial charge is 0.392 e. The van der Waals surface area contributed by atoms with Crippen LogP contribution < -0.4 is 5.73 Å². The van der Waals surface area contributed by atoms with Gasteiger partial charge in [-0.25, -0.2) is 4.68 Å². The number of aromatic nitrogens is 2. The molecule has 1 aliphatic heterocycles. The fourth-order valence-corrected chi connectivity index (χ4v) is 1.77. The molecule has 0 aliphatic carbocycles. The Morgan fingerprint density at radius 2 is 2.62 bits per heavy atom. The Morgan fingerprint density at radius 3 is 3.19 bits per heavy atom. The van der Waals surface area contributed by atoms with Crippen molar-refractivity contribution in [1.29, 1.82) is 0 Å².